The number of anilines is 2. The largest absolute Gasteiger partial charge is 0.369 e. The number of amides is 1. The van der Waals surface area contributed by atoms with E-state index in [1.807, 2.05) is 31.2 Å². The van der Waals surface area contributed by atoms with Crippen LogP contribution in [0.2, 0.25) is 0 Å². The molecule has 3 aromatic rings. The monoisotopic (exact) mass is 407 g/mol. The van der Waals surface area contributed by atoms with Crippen molar-refractivity contribution in [2.75, 3.05) is 43.4 Å². The highest BCUT2D eigenvalue weighted by Gasteiger charge is 2.20. The summed E-state index contributed by atoms with van der Waals surface area (Å²) in [4.78, 5) is 17.6. The molecule has 2 heterocycles. The van der Waals surface area contributed by atoms with Crippen LogP contribution in [0.15, 0.2) is 48.5 Å². The first-order valence-corrected chi connectivity index (χ1v) is 10.1. The van der Waals surface area contributed by atoms with Gasteiger partial charge in [0.05, 0.1) is 22.6 Å². The zero-order chi connectivity index (χ0) is 21.3. The third-order valence-corrected chi connectivity index (χ3v) is 5.58. The molecule has 1 aliphatic rings. The number of piperazine rings is 1. The Morgan fingerprint density at radius 3 is 2.17 bits per heavy atom. The Morgan fingerprint density at radius 2 is 1.53 bits per heavy atom. The number of rotatable bonds is 4. The zero-order valence-corrected chi connectivity index (χ0v) is 17.5. The van der Waals surface area contributed by atoms with Gasteiger partial charge >= 0.3 is 0 Å². The van der Waals surface area contributed by atoms with Crippen LogP contribution in [0.5, 0.6) is 0 Å². The SMILES string of the molecule is Cc1nn(-c2ccc(F)cc2)c(C)c1C(=O)Nc1ccc(N2CCN(C)CC2)cc1. The van der Waals surface area contributed by atoms with Gasteiger partial charge in [0.1, 0.15) is 5.82 Å². The molecule has 7 heteroatoms. The van der Waals surface area contributed by atoms with Crippen molar-refractivity contribution in [1.29, 1.82) is 0 Å². The average Bonchev–Trinajstić information content (AvgIpc) is 3.04. The average molecular weight is 407 g/mol. The number of carbonyl (C=O) groups excluding carboxylic acids is 1. The molecule has 0 bridgehead atoms. The maximum atomic E-state index is 13.2. The lowest BCUT2D eigenvalue weighted by Gasteiger charge is -2.34. The maximum Gasteiger partial charge on any atom is 0.259 e. The maximum absolute atomic E-state index is 13.2. The first-order chi connectivity index (χ1) is 14.4. The number of hydrogen-bond donors (Lipinski definition) is 1. The van der Waals surface area contributed by atoms with Gasteiger partial charge in [-0.25, -0.2) is 9.07 Å². The summed E-state index contributed by atoms with van der Waals surface area (Å²) in [6.45, 7) is 7.75. The van der Waals surface area contributed by atoms with Gasteiger partial charge < -0.3 is 15.1 Å². The molecule has 6 nitrogen and oxygen atoms in total. The highest BCUT2D eigenvalue weighted by Crippen LogP contribution is 2.22. The second-order valence-electron chi connectivity index (χ2n) is 7.73. The quantitative estimate of drug-likeness (QED) is 0.718. The van der Waals surface area contributed by atoms with Gasteiger partial charge in [0.25, 0.3) is 5.91 Å². The summed E-state index contributed by atoms with van der Waals surface area (Å²) in [6.07, 6.45) is 0. The van der Waals surface area contributed by atoms with Crippen molar-refractivity contribution in [3.63, 3.8) is 0 Å². The molecule has 0 aliphatic carbocycles. The fraction of sp³-hybridized carbons (Fsp3) is 0.304. The van der Waals surface area contributed by atoms with Gasteiger partial charge in [-0.05, 0) is 69.4 Å². The van der Waals surface area contributed by atoms with Gasteiger partial charge in [0, 0.05) is 37.6 Å². The van der Waals surface area contributed by atoms with Crippen molar-refractivity contribution in [3.8, 4) is 5.69 Å². The predicted molar refractivity (Wildman–Crippen MR) is 117 cm³/mol. The summed E-state index contributed by atoms with van der Waals surface area (Å²) in [5.41, 5.74) is 4.49. The normalized spacial score (nSPS) is 14.7. The summed E-state index contributed by atoms with van der Waals surface area (Å²) < 4.78 is 14.9. The Bertz CT molecular complexity index is 1030. The molecule has 1 aromatic heterocycles. The van der Waals surface area contributed by atoms with E-state index in [1.54, 1.807) is 23.7 Å². The van der Waals surface area contributed by atoms with Crippen molar-refractivity contribution >= 4 is 17.3 Å². The second-order valence-corrected chi connectivity index (χ2v) is 7.73. The van der Waals surface area contributed by atoms with E-state index in [2.05, 4.69) is 27.3 Å². The molecule has 30 heavy (non-hydrogen) atoms. The molecule has 1 N–H and O–H groups in total. The van der Waals surface area contributed by atoms with Crippen molar-refractivity contribution < 1.29 is 9.18 Å². The number of aryl methyl sites for hydroxylation is 1. The number of nitrogens with zero attached hydrogens (tertiary/aromatic N) is 4. The zero-order valence-electron chi connectivity index (χ0n) is 17.5. The van der Waals surface area contributed by atoms with E-state index in [4.69, 9.17) is 0 Å². The molecule has 1 aliphatic heterocycles. The van der Waals surface area contributed by atoms with E-state index in [1.165, 1.54) is 12.1 Å². The van der Waals surface area contributed by atoms with E-state index >= 15 is 0 Å². The van der Waals surface area contributed by atoms with E-state index in [0.717, 1.165) is 37.6 Å². The molecule has 1 fully saturated rings. The minimum absolute atomic E-state index is 0.203. The van der Waals surface area contributed by atoms with Crippen LogP contribution in [-0.2, 0) is 0 Å². The van der Waals surface area contributed by atoms with Crippen molar-refractivity contribution in [2.24, 2.45) is 0 Å². The first kappa shape index (κ1) is 20.1. The molecule has 1 amide bonds. The minimum atomic E-state index is -0.307. The van der Waals surface area contributed by atoms with Crippen LogP contribution in [0.25, 0.3) is 5.69 Å². The molecule has 0 unspecified atom stereocenters. The lowest BCUT2D eigenvalue weighted by Crippen LogP contribution is -2.44. The topological polar surface area (TPSA) is 53.4 Å². The smallest absolute Gasteiger partial charge is 0.259 e. The van der Waals surface area contributed by atoms with Crippen molar-refractivity contribution in [3.05, 3.63) is 71.3 Å². The van der Waals surface area contributed by atoms with Crippen LogP contribution >= 0.6 is 0 Å². The lowest BCUT2D eigenvalue weighted by atomic mass is 10.1. The van der Waals surface area contributed by atoms with E-state index < -0.39 is 0 Å². The van der Waals surface area contributed by atoms with Crippen LogP contribution in [0.4, 0.5) is 15.8 Å². The Labute approximate surface area is 175 Å². The molecule has 0 spiro atoms. The van der Waals surface area contributed by atoms with Crippen LogP contribution in [0.1, 0.15) is 21.7 Å². The van der Waals surface area contributed by atoms with Crippen LogP contribution in [0, 0.1) is 19.7 Å². The van der Waals surface area contributed by atoms with E-state index in [-0.39, 0.29) is 11.7 Å². The Kier molecular flexibility index (Phi) is 5.55. The number of likely N-dealkylation sites (N-methyl/N-ethyl adjacent to an activating group) is 1. The second kappa shape index (κ2) is 8.28. The first-order valence-electron chi connectivity index (χ1n) is 10.1. The minimum Gasteiger partial charge on any atom is -0.369 e. The number of hydrogen-bond acceptors (Lipinski definition) is 4. The summed E-state index contributed by atoms with van der Waals surface area (Å²) in [5, 5.41) is 7.45. The Balaban J connectivity index is 1.49. The molecular formula is C23H26FN5O. The highest BCUT2D eigenvalue weighted by molar-refractivity contribution is 6.06. The summed E-state index contributed by atoms with van der Waals surface area (Å²) in [7, 11) is 2.14. The van der Waals surface area contributed by atoms with Crippen LogP contribution in [-0.4, -0.2) is 53.8 Å². The molecule has 4 rings (SSSR count). The molecule has 0 saturated carbocycles. The lowest BCUT2D eigenvalue weighted by molar-refractivity contribution is 0.102. The highest BCUT2D eigenvalue weighted by atomic mass is 19.1. The van der Waals surface area contributed by atoms with Crippen molar-refractivity contribution in [2.45, 2.75) is 13.8 Å². The van der Waals surface area contributed by atoms with Gasteiger partial charge in [0.15, 0.2) is 0 Å². The summed E-state index contributed by atoms with van der Waals surface area (Å²) in [5.74, 6) is -0.510. The number of nitrogens with one attached hydrogen (secondary N) is 1. The summed E-state index contributed by atoms with van der Waals surface area (Å²) in [6, 6.07) is 14.0. The summed E-state index contributed by atoms with van der Waals surface area (Å²) >= 11 is 0. The Hall–Kier alpha value is -3.19. The predicted octanol–water partition coefficient (Wildman–Crippen LogP) is 3.63. The van der Waals surface area contributed by atoms with Crippen LogP contribution < -0.4 is 10.2 Å². The Morgan fingerprint density at radius 1 is 0.933 bits per heavy atom. The number of aromatic nitrogens is 2. The van der Waals surface area contributed by atoms with Crippen LogP contribution in [0.3, 0.4) is 0 Å². The number of carbonyl (C=O) groups is 1. The third-order valence-electron chi connectivity index (χ3n) is 5.58. The number of halogens is 1. The van der Waals surface area contributed by atoms with E-state index in [9.17, 15) is 9.18 Å². The van der Waals surface area contributed by atoms with E-state index in [0.29, 0.717) is 22.6 Å². The van der Waals surface area contributed by atoms with Gasteiger partial charge in [0.2, 0.25) is 0 Å². The molecule has 0 radical (unpaired) electrons. The molecule has 1 saturated heterocycles. The standard InChI is InChI=1S/C23H26FN5O/c1-16-22(17(2)29(26-16)21-8-4-18(24)5-9-21)23(30)25-19-6-10-20(11-7-19)28-14-12-27(3)13-15-28/h4-11H,12-15H2,1-3H3,(H,25,30). The van der Waals surface area contributed by atoms with Gasteiger partial charge in [-0.2, -0.15) is 5.10 Å². The third kappa shape index (κ3) is 4.07. The fourth-order valence-electron chi connectivity index (χ4n) is 3.82. The fourth-order valence-corrected chi connectivity index (χ4v) is 3.82. The molecule has 0 atom stereocenters. The van der Waals surface area contributed by atoms with Gasteiger partial charge in [-0.1, -0.05) is 0 Å². The molecule has 156 valence electrons. The molecular weight excluding hydrogens is 381 g/mol. The number of benzene rings is 2. The van der Waals surface area contributed by atoms with Gasteiger partial charge in [-0.15, -0.1) is 0 Å². The van der Waals surface area contributed by atoms with Crippen molar-refractivity contribution in [1.82, 2.24) is 14.7 Å². The van der Waals surface area contributed by atoms with Gasteiger partial charge in [-0.3, -0.25) is 4.79 Å². The molecule has 2 aromatic carbocycles.